The number of carbonyl (C=O) groups is 1. The van der Waals surface area contributed by atoms with Crippen molar-refractivity contribution < 1.29 is 4.79 Å². The van der Waals surface area contributed by atoms with E-state index in [-0.39, 0.29) is 11.5 Å². The van der Waals surface area contributed by atoms with E-state index >= 15 is 0 Å². The van der Waals surface area contributed by atoms with Gasteiger partial charge in [0.2, 0.25) is 0 Å². The molecule has 3 aromatic rings. The standard InChI is InChI=1S/C20H18Cl2N4O2/c21-14-9-13(10-15(22)11-14)20(28)26-7-5-25(6-8-26)12-18-23-17-4-2-1-3-16(17)19(27)24-18/h1-4,9-11H,5-8,12H2,(H,23,24,27). The smallest absolute Gasteiger partial charge is 0.258 e. The lowest BCUT2D eigenvalue weighted by Crippen LogP contribution is -2.48. The molecule has 0 aliphatic carbocycles. The van der Waals surface area contributed by atoms with Crippen molar-refractivity contribution in [3.05, 3.63) is 74.3 Å². The van der Waals surface area contributed by atoms with Gasteiger partial charge in [-0.3, -0.25) is 14.5 Å². The van der Waals surface area contributed by atoms with E-state index in [1.165, 1.54) is 0 Å². The summed E-state index contributed by atoms with van der Waals surface area (Å²) in [5.74, 6) is 0.548. The zero-order valence-electron chi connectivity index (χ0n) is 15.0. The lowest BCUT2D eigenvalue weighted by atomic mass is 10.2. The van der Waals surface area contributed by atoms with E-state index in [0.29, 0.717) is 65.1 Å². The molecule has 1 N–H and O–H groups in total. The summed E-state index contributed by atoms with van der Waals surface area (Å²) in [6.07, 6.45) is 0. The molecule has 1 aliphatic rings. The maximum absolute atomic E-state index is 12.7. The Morgan fingerprint density at radius 2 is 1.71 bits per heavy atom. The molecule has 1 amide bonds. The predicted molar refractivity (Wildman–Crippen MR) is 110 cm³/mol. The first kappa shape index (κ1) is 18.9. The maximum atomic E-state index is 12.7. The molecule has 0 radical (unpaired) electrons. The number of nitrogens with one attached hydrogen (secondary N) is 1. The molecule has 0 bridgehead atoms. The fraction of sp³-hybridized carbons (Fsp3) is 0.250. The van der Waals surface area contributed by atoms with Crippen LogP contribution in [0.5, 0.6) is 0 Å². The third-order valence-electron chi connectivity index (χ3n) is 4.80. The highest BCUT2D eigenvalue weighted by atomic mass is 35.5. The number of H-pyrrole nitrogens is 1. The highest BCUT2D eigenvalue weighted by molar-refractivity contribution is 6.35. The van der Waals surface area contributed by atoms with Crippen LogP contribution in [0, 0.1) is 0 Å². The molecule has 2 heterocycles. The van der Waals surface area contributed by atoms with Crippen molar-refractivity contribution in [3.63, 3.8) is 0 Å². The van der Waals surface area contributed by atoms with Gasteiger partial charge in [-0.15, -0.1) is 0 Å². The average Bonchev–Trinajstić information content (AvgIpc) is 2.67. The van der Waals surface area contributed by atoms with Crippen LogP contribution in [0.3, 0.4) is 0 Å². The van der Waals surface area contributed by atoms with Crippen molar-refractivity contribution in [2.75, 3.05) is 26.2 Å². The largest absolute Gasteiger partial charge is 0.336 e. The second kappa shape index (κ2) is 7.91. The first-order valence-corrected chi connectivity index (χ1v) is 9.71. The molecule has 28 heavy (non-hydrogen) atoms. The monoisotopic (exact) mass is 416 g/mol. The third kappa shape index (κ3) is 4.04. The van der Waals surface area contributed by atoms with Crippen LogP contribution in [0.2, 0.25) is 10.0 Å². The van der Waals surface area contributed by atoms with E-state index in [4.69, 9.17) is 23.2 Å². The molecule has 1 aliphatic heterocycles. The van der Waals surface area contributed by atoms with E-state index in [1.807, 2.05) is 18.2 Å². The van der Waals surface area contributed by atoms with Gasteiger partial charge in [-0.25, -0.2) is 4.98 Å². The van der Waals surface area contributed by atoms with Crippen LogP contribution in [0.4, 0.5) is 0 Å². The Morgan fingerprint density at radius 3 is 2.43 bits per heavy atom. The molecule has 1 saturated heterocycles. The molecule has 1 fully saturated rings. The van der Waals surface area contributed by atoms with Gasteiger partial charge in [0.05, 0.1) is 17.4 Å². The number of fused-ring (bicyclic) bond motifs is 1. The fourth-order valence-corrected chi connectivity index (χ4v) is 3.92. The number of halogens is 2. The summed E-state index contributed by atoms with van der Waals surface area (Å²) in [7, 11) is 0. The van der Waals surface area contributed by atoms with Crippen LogP contribution >= 0.6 is 23.2 Å². The number of rotatable bonds is 3. The number of carbonyl (C=O) groups excluding carboxylic acids is 1. The molecule has 144 valence electrons. The minimum absolute atomic E-state index is 0.0821. The first-order valence-electron chi connectivity index (χ1n) is 8.95. The number of benzene rings is 2. The number of hydrogen-bond acceptors (Lipinski definition) is 4. The summed E-state index contributed by atoms with van der Waals surface area (Å²) in [6, 6.07) is 12.2. The van der Waals surface area contributed by atoms with Gasteiger partial charge >= 0.3 is 0 Å². The zero-order valence-corrected chi connectivity index (χ0v) is 16.5. The third-order valence-corrected chi connectivity index (χ3v) is 5.24. The first-order chi connectivity index (χ1) is 13.5. The minimum Gasteiger partial charge on any atom is -0.336 e. The lowest BCUT2D eigenvalue weighted by Gasteiger charge is -2.34. The highest BCUT2D eigenvalue weighted by Crippen LogP contribution is 2.21. The Labute approximate surface area is 171 Å². The van der Waals surface area contributed by atoms with Crippen molar-refractivity contribution in [1.82, 2.24) is 19.8 Å². The van der Waals surface area contributed by atoms with E-state index in [0.717, 1.165) is 0 Å². The summed E-state index contributed by atoms with van der Waals surface area (Å²) in [5.41, 5.74) is 1.05. The van der Waals surface area contributed by atoms with Gasteiger partial charge in [-0.2, -0.15) is 0 Å². The van der Waals surface area contributed by atoms with Crippen LogP contribution in [0.1, 0.15) is 16.2 Å². The minimum atomic E-state index is -0.132. The predicted octanol–water partition coefficient (Wildman–Crippen LogP) is 3.19. The Morgan fingerprint density at radius 1 is 1.04 bits per heavy atom. The van der Waals surface area contributed by atoms with Gasteiger partial charge in [-0.1, -0.05) is 35.3 Å². The molecule has 6 nitrogen and oxygen atoms in total. The number of para-hydroxylation sites is 1. The Balaban J connectivity index is 1.42. The molecular weight excluding hydrogens is 399 g/mol. The second-order valence-electron chi connectivity index (χ2n) is 6.76. The van der Waals surface area contributed by atoms with Gasteiger partial charge in [-0.05, 0) is 30.3 Å². The second-order valence-corrected chi connectivity index (χ2v) is 7.63. The van der Waals surface area contributed by atoms with Gasteiger partial charge < -0.3 is 9.88 Å². The normalized spacial score (nSPS) is 15.1. The Kier molecular flexibility index (Phi) is 5.35. The molecule has 0 saturated carbocycles. The van der Waals surface area contributed by atoms with Gasteiger partial charge in [0.25, 0.3) is 11.5 Å². The van der Waals surface area contributed by atoms with Gasteiger partial charge in [0.15, 0.2) is 0 Å². The van der Waals surface area contributed by atoms with Crippen molar-refractivity contribution in [2.24, 2.45) is 0 Å². The average molecular weight is 417 g/mol. The maximum Gasteiger partial charge on any atom is 0.258 e. The van der Waals surface area contributed by atoms with E-state index < -0.39 is 0 Å². The molecular formula is C20H18Cl2N4O2. The molecule has 2 aromatic carbocycles. The summed E-state index contributed by atoms with van der Waals surface area (Å²) in [5, 5.41) is 1.48. The fourth-order valence-electron chi connectivity index (χ4n) is 3.39. The number of nitrogens with zero attached hydrogens (tertiary/aromatic N) is 3. The van der Waals surface area contributed by atoms with E-state index in [2.05, 4.69) is 14.9 Å². The van der Waals surface area contributed by atoms with Crippen LogP contribution in [-0.4, -0.2) is 51.9 Å². The van der Waals surface area contributed by atoms with Crippen molar-refractivity contribution in [3.8, 4) is 0 Å². The molecule has 0 atom stereocenters. The molecule has 0 spiro atoms. The quantitative estimate of drug-likeness (QED) is 0.711. The van der Waals surface area contributed by atoms with Crippen LogP contribution in [0.15, 0.2) is 47.3 Å². The summed E-state index contributed by atoms with van der Waals surface area (Å²) < 4.78 is 0. The molecule has 0 unspecified atom stereocenters. The van der Waals surface area contributed by atoms with E-state index in [1.54, 1.807) is 29.2 Å². The van der Waals surface area contributed by atoms with Crippen LogP contribution in [0.25, 0.3) is 10.9 Å². The Hall–Kier alpha value is -2.41. The summed E-state index contributed by atoms with van der Waals surface area (Å²) in [6.45, 7) is 3.08. The van der Waals surface area contributed by atoms with Crippen LogP contribution < -0.4 is 5.56 Å². The topological polar surface area (TPSA) is 69.3 Å². The highest BCUT2D eigenvalue weighted by Gasteiger charge is 2.23. The molecule has 8 heteroatoms. The zero-order chi connectivity index (χ0) is 19.7. The number of hydrogen-bond donors (Lipinski definition) is 1. The van der Waals surface area contributed by atoms with E-state index in [9.17, 15) is 9.59 Å². The Bertz CT molecular complexity index is 1070. The van der Waals surface area contributed by atoms with Gasteiger partial charge in [0, 0.05) is 41.8 Å². The number of amides is 1. The number of aromatic nitrogens is 2. The van der Waals surface area contributed by atoms with Crippen LogP contribution in [-0.2, 0) is 6.54 Å². The van der Waals surface area contributed by atoms with Crippen molar-refractivity contribution >= 4 is 40.0 Å². The SMILES string of the molecule is O=C(c1cc(Cl)cc(Cl)c1)N1CCN(Cc2nc3ccccc3c(=O)[nH]2)CC1. The summed E-state index contributed by atoms with van der Waals surface area (Å²) in [4.78, 5) is 36.2. The lowest BCUT2D eigenvalue weighted by molar-refractivity contribution is 0.0625. The molecule has 4 rings (SSSR count). The van der Waals surface area contributed by atoms with Gasteiger partial charge in [0.1, 0.15) is 5.82 Å². The number of piperazine rings is 1. The van der Waals surface area contributed by atoms with Crippen molar-refractivity contribution in [2.45, 2.75) is 6.54 Å². The summed E-state index contributed by atoms with van der Waals surface area (Å²) >= 11 is 12.0. The van der Waals surface area contributed by atoms with Crippen molar-refractivity contribution in [1.29, 1.82) is 0 Å². The number of aromatic amines is 1. The molecule has 1 aromatic heterocycles.